The van der Waals surface area contributed by atoms with Crippen molar-refractivity contribution >= 4 is 24.0 Å². The lowest BCUT2D eigenvalue weighted by Gasteiger charge is -2.27. The minimum Gasteiger partial charge on any atom is -0.461 e. The second-order valence-electron chi connectivity index (χ2n) is 7.46. The summed E-state index contributed by atoms with van der Waals surface area (Å²) in [4.78, 5) is 16.4. The van der Waals surface area contributed by atoms with Crippen LogP contribution in [0.5, 0.6) is 0 Å². The first-order valence-electron chi connectivity index (χ1n) is 11.6. The predicted molar refractivity (Wildman–Crippen MR) is 127 cm³/mol. The van der Waals surface area contributed by atoms with Crippen molar-refractivity contribution in [1.29, 1.82) is 5.26 Å². The second kappa shape index (κ2) is 17.3. The van der Waals surface area contributed by atoms with E-state index in [0.29, 0.717) is 24.8 Å². The van der Waals surface area contributed by atoms with E-state index in [0.717, 1.165) is 24.2 Å². The normalized spacial score (nSPS) is 12.5. The molecule has 7 heteroatoms. The van der Waals surface area contributed by atoms with Gasteiger partial charge in [-0.1, -0.05) is 66.6 Å². The first-order valence-corrected chi connectivity index (χ1v) is 12.5. The SMILES string of the molecule is CC.CCCCCCB(C#N)C(CC(OCC)c1nc(C(=O)OCC)cs1)C(C)C. The molecular formula is C23H41BN2O3S. The molecule has 0 aliphatic rings. The Morgan fingerprint density at radius 2 is 1.90 bits per heavy atom. The number of unbranched alkanes of at least 4 members (excludes halogenated alkanes) is 3. The maximum atomic E-state index is 11.9. The van der Waals surface area contributed by atoms with Crippen molar-refractivity contribution < 1.29 is 14.3 Å². The summed E-state index contributed by atoms with van der Waals surface area (Å²) in [5.74, 6) is 2.77. The Kier molecular flexibility index (Phi) is 16.5. The van der Waals surface area contributed by atoms with Crippen molar-refractivity contribution in [3.05, 3.63) is 16.1 Å². The standard InChI is InChI=1S/C21H35BN2O3S.C2H6/c1-6-9-10-11-12-22(15-23)17(16(4)5)13-19(26-7-2)20-24-18(14-28-20)21(25)27-8-3;1-2/h14,16-17,19H,6-13H2,1-5H3;1-2H3. The molecule has 2 unspecified atom stereocenters. The number of carbonyl (C=O) groups excluding carboxylic acids is 1. The van der Waals surface area contributed by atoms with Crippen LogP contribution in [-0.2, 0) is 9.47 Å². The largest absolute Gasteiger partial charge is 0.461 e. The van der Waals surface area contributed by atoms with Gasteiger partial charge in [-0.05, 0) is 32.0 Å². The number of aromatic nitrogens is 1. The molecule has 170 valence electrons. The molecule has 0 aliphatic heterocycles. The molecule has 0 fully saturated rings. The fourth-order valence-corrected chi connectivity index (χ4v) is 4.34. The van der Waals surface area contributed by atoms with E-state index < -0.39 is 5.97 Å². The summed E-state index contributed by atoms with van der Waals surface area (Å²) >= 11 is 1.43. The second-order valence-corrected chi connectivity index (χ2v) is 8.35. The Balaban J connectivity index is 0.00000407. The maximum Gasteiger partial charge on any atom is 0.357 e. The number of thiazole rings is 1. The highest BCUT2D eigenvalue weighted by Crippen LogP contribution is 2.37. The molecule has 1 aromatic heterocycles. The van der Waals surface area contributed by atoms with Crippen LogP contribution in [0, 0.1) is 17.1 Å². The molecule has 5 nitrogen and oxygen atoms in total. The van der Waals surface area contributed by atoms with Crippen LogP contribution in [0.4, 0.5) is 0 Å². The van der Waals surface area contributed by atoms with E-state index in [4.69, 9.17) is 9.47 Å². The van der Waals surface area contributed by atoms with Crippen molar-refractivity contribution in [3.63, 3.8) is 0 Å². The first kappa shape index (κ1) is 28.6. The summed E-state index contributed by atoms with van der Waals surface area (Å²) in [6, 6.07) is 0. The fourth-order valence-electron chi connectivity index (χ4n) is 3.49. The molecule has 1 aromatic rings. The fraction of sp³-hybridized carbons (Fsp3) is 0.783. The molecule has 1 heterocycles. The molecule has 1 rings (SSSR count). The van der Waals surface area contributed by atoms with Gasteiger partial charge < -0.3 is 9.47 Å². The van der Waals surface area contributed by atoms with Gasteiger partial charge in [-0.2, -0.15) is 0 Å². The average Bonchev–Trinajstić information content (AvgIpc) is 3.23. The minimum absolute atomic E-state index is 0.0179. The van der Waals surface area contributed by atoms with Crippen molar-refractivity contribution in [1.82, 2.24) is 4.98 Å². The third-order valence-corrected chi connectivity index (χ3v) is 5.98. The van der Waals surface area contributed by atoms with Crippen molar-refractivity contribution in [2.24, 2.45) is 5.92 Å². The number of ether oxygens (including phenoxy) is 2. The lowest BCUT2D eigenvalue weighted by molar-refractivity contribution is 0.0492. The third-order valence-electron chi connectivity index (χ3n) is 5.04. The average molecular weight is 436 g/mol. The van der Waals surface area contributed by atoms with Crippen molar-refractivity contribution in [2.75, 3.05) is 13.2 Å². The number of nitrogens with zero attached hydrogens (tertiary/aromatic N) is 2. The molecule has 0 amide bonds. The Morgan fingerprint density at radius 1 is 1.20 bits per heavy atom. The van der Waals surface area contributed by atoms with Crippen LogP contribution in [0.2, 0.25) is 12.1 Å². The smallest absolute Gasteiger partial charge is 0.357 e. The first-order chi connectivity index (χ1) is 14.5. The van der Waals surface area contributed by atoms with Crippen LogP contribution in [0.15, 0.2) is 5.38 Å². The van der Waals surface area contributed by atoms with E-state index in [9.17, 15) is 10.1 Å². The summed E-state index contributed by atoms with van der Waals surface area (Å²) < 4.78 is 11.0. The number of carbonyl (C=O) groups is 1. The maximum absolute atomic E-state index is 11.9. The summed E-state index contributed by atoms with van der Waals surface area (Å²) in [7, 11) is 0. The summed E-state index contributed by atoms with van der Waals surface area (Å²) in [6.07, 6.45) is 6.18. The highest BCUT2D eigenvalue weighted by Gasteiger charge is 2.32. The van der Waals surface area contributed by atoms with Gasteiger partial charge in [0, 0.05) is 18.0 Å². The van der Waals surface area contributed by atoms with Gasteiger partial charge in [-0.15, -0.1) is 11.3 Å². The van der Waals surface area contributed by atoms with E-state index in [-0.39, 0.29) is 18.6 Å². The molecule has 30 heavy (non-hydrogen) atoms. The van der Waals surface area contributed by atoms with E-state index in [1.54, 1.807) is 12.3 Å². The highest BCUT2D eigenvalue weighted by atomic mass is 32.1. The number of esters is 1. The quantitative estimate of drug-likeness (QED) is 0.179. The van der Waals surface area contributed by atoms with Gasteiger partial charge in [0.25, 0.3) is 6.71 Å². The van der Waals surface area contributed by atoms with Gasteiger partial charge in [0.2, 0.25) is 0 Å². The molecule has 0 bridgehead atoms. The summed E-state index contributed by atoms with van der Waals surface area (Å²) in [5.41, 5.74) is 0.337. The molecule has 0 saturated heterocycles. The minimum atomic E-state index is -0.397. The van der Waals surface area contributed by atoms with Gasteiger partial charge in [0.05, 0.1) is 6.61 Å². The topological polar surface area (TPSA) is 72.2 Å². The van der Waals surface area contributed by atoms with Gasteiger partial charge in [-0.3, -0.25) is 0 Å². The zero-order valence-electron chi connectivity index (χ0n) is 20.1. The molecule has 2 atom stereocenters. The van der Waals surface area contributed by atoms with Gasteiger partial charge in [0.1, 0.15) is 11.1 Å². The van der Waals surface area contributed by atoms with Crippen molar-refractivity contribution in [2.45, 2.75) is 98.8 Å². The summed E-state index contributed by atoms with van der Waals surface area (Å²) in [6.45, 7) is 15.2. The van der Waals surface area contributed by atoms with Gasteiger partial charge in [-0.25, -0.2) is 15.0 Å². The van der Waals surface area contributed by atoms with E-state index in [1.807, 2.05) is 20.8 Å². The van der Waals surface area contributed by atoms with Crippen molar-refractivity contribution in [3.8, 4) is 5.97 Å². The Labute approximate surface area is 188 Å². The number of hydrogen-bond acceptors (Lipinski definition) is 6. The van der Waals surface area contributed by atoms with E-state index in [1.165, 1.54) is 30.6 Å². The van der Waals surface area contributed by atoms with Crippen LogP contribution in [0.25, 0.3) is 0 Å². The van der Waals surface area contributed by atoms with Crippen LogP contribution >= 0.6 is 11.3 Å². The molecule has 0 N–H and O–H groups in total. The molecule has 0 radical (unpaired) electrons. The monoisotopic (exact) mass is 436 g/mol. The summed E-state index contributed by atoms with van der Waals surface area (Å²) in [5, 5.41) is 12.3. The Bertz CT molecular complexity index is 616. The zero-order chi connectivity index (χ0) is 22.9. The van der Waals surface area contributed by atoms with E-state index in [2.05, 4.69) is 31.7 Å². The third kappa shape index (κ3) is 10.1. The van der Waals surface area contributed by atoms with Crippen LogP contribution in [-0.4, -0.2) is 30.9 Å². The predicted octanol–water partition coefficient (Wildman–Crippen LogP) is 6.98. The lowest BCUT2D eigenvalue weighted by Crippen LogP contribution is -2.26. The highest BCUT2D eigenvalue weighted by molar-refractivity contribution is 7.09. The van der Waals surface area contributed by atoms with Crippen LogP contribution in [0.1, 0.15) is 102 Å². The molecular weight excluding hydrogens is 395 g/mol. The lowest BCUT2D eigenvalue weighted by atomic mass is 9.36. The van der Waals surface area contributed by atoms with E-state index >= 15 is 0 Å². The molecule has 0 spiro atoms. The Hall–Kier alpha value is -1.39. The van der Waals surface area contributed by atoms with Crippen LogP contribution in [0.3, 0.4) is 0 Å². The zero-order valence-corrected chi connectivity index (χ0v) is 20.9. The number of rotatable bonds is 14. The van der Waals surface area contributed by atoms with Gasteiger partial charge in [0.15, 0.2) is 5.69 Å². The number of nitriles is 1. The number of hydrogen-bond donors (Lipinski definition) is 0. The Morgan fingerprint density at radius 3 is 2.43 bits per heavy atom. The van der Waals surface area contributed by atoms with Crippen LogP contribution < -0.4 is 0 Å². The molecule has 0 saturated carbocycles. The van der Waals surface area contributed by atoms with Gasteiger partial charge >= 0.3 is 5.97 Å². The molecule has 0 aromatic carbocycles. The molecule has 0 aliphatic carbocycles.